The smallest absolute Gasteiger partial charge is 0.166 e. The Kier molecular flexibility index (Phi) is 7.60. The van der Waals surface area contributed by atoms with Crippen LogP contribution >= 0.6 is 11.3 Å². The van der Waals surface area contributed by atoms with Gasteiger partial charge in [-0.1, -0.05) is 140 Å². The van der Waals surface area contributed by atoms with Crippen molar-refractivity contribution in [1.82, 2.24) is 24.5 Å². The highest BCUT2D eigenvalue weighted by Crippen LogP contribution is 2.41. The van der Waals surface area contributed by atoms with E-state index in [1.807, 2.05) is 53.9 Å². The van der Waals surface area contributed by atoms with Gasteiger partial charge in [-0.2, -0.15) is 0 Å². The molecule has 0 aliphatic carbocycles. The summed E-state index contributed by atoms with van der Waals surface area (Å²) in [6, 6.07) is 63.6. The van der Waals surface area contributed by atoms with E-state index in [-0.39, 0.29) is 0 Å². The Hall–Kier alpha value is -7.28. The molecule has 11 rings (SSSR count). The highest BCUT2D eigenvalue weighted by molar-refractivity contribution is 7.26. The third kappa shape index (κ3) is 5.38. The molecular formula is C50H31N5S. The van der Waals surface area contributed by atoms with Crippen molar-refractivity contribution in [3.8, 4) is 62.2 Å². The number of nitrogens with zero attached hydrogens (tertiary/aromatic N) is 5. The van der Waals surface area contributed by atoms with Gasteiger partial charge in [0.05, 0.1) is 22.4 Å². The molecule has 0 aliphatic rings. The Bertz CT molecular complexity index is 3190. The van der Waals surface area contributed by atoms with Gasteiger partial charge in [-0.25, -0.2) is 15.0 Å². The van der Waals surface area contributed by atoms with Crippen molar-refractivity contribution in [2.24, 2.45) is 0 Å². The quantitative estimate of drug-likeness (QED) is 0.171. The lowest BCUT2D eigenvalue weighted by atomic mass is 10.0. The van der Waals surface area contributed by atoms with E-state index in [0.29, 0.717) is 17.5 Å². The number of benzene rings is 7. The molecule has 4 aromatic heterocycles. The van der Waals surface area contributed by atoms with Gasteiger partial charge in [-0.15, -0.1) is 11.3 Å². The van der Waals surface area contributed by atoms with Crippen LogP contribution in [0, 0.1) is 0 Å². The summed E-state index contributed by atoms with van der Waals surface area (Å²) in [6.45, 7) is 0. The van der Waals surface area contributed by atoms with Crippen LogP contribution in [0.3, 0.4) is 0 Å². The van der Waals surface area contributed by atoms with Crippen molar-refractivity contribution in [2.45, 2.75) is 0 Å². The molecule has 4 heterocycles. The van der Waals surface area contributed by atoms with Gasteiger partial charge in [-0.05, 0) is 53.6 Å². The van der Waals surface area contributed by atoms with E-state index in [1.165, 1.54) is 36.5 Å². The number of rotatable bonds is 6. The van der Waals surface area contributed by atoms with E-state index < -0.39 is 0 Å². The zero-order chi connectivity index (χ0) is 37.0. The van der Waals surface area contributed by atoms with Crippen LogP contribution in [0.2, 0.25) is 0 Å². The van der Waals surface area contributed by atoms with Gasteiger partial charge in [0.25, 0.3) is 0 Å². The average Bonchev–Trinajstić information content (AvgIpc) is 3.83. The summed E-state index contributed by atoms with van der Waals surface area (Å²) in [5.41, 5.74) is 10.2. The maximum absolute atomic E-state index is 5.26. The molecule has 7 aromatic carbocycles. The SMILES string of the molecule is c1ccc(-c2nc(-c3ccc(-c4cccc5c4sc4ccccc45)cc3)nc(-c3ccc(-c4ccccn4)cc3-n3c4ccccc4c4ccccc43)n2)cc1. The minimum atomic E-state index is 0.595. The Morgan fingerprint density at radius 3 is 1.71 bits per heavy atom. The highest BCUT2D eigenvalue weighted by atomic mass is 32.1. The van der Waals surface area contributed by atoms with E-state index in [0.717, 1.165) is 50.2 Å². The highest BCUT2D eigenvalue weighted by Gasteiger charge is 2.20. The standard InChI is InChI=1S/C50H31N5S/c1-2-13-33(14-3-1)48-52-49(34-26-24-32(25-27-34)36-18-12-19-40-39-17-6-9-23-46(39)56-47(36)40)54-50(53-48)41-29-28-35(42-20-10-11-30-51-42)31-45(41)55-43-21-7-4-15-37(43)38-16-5-8-22-44(38)55/h1-31H. The molecule has 0 saturated carbocycles. The lowest BCUT2D eigenvalue weighted by molar-refractivity contribution is 1.06. The van der Waals surface area contributed by atoms with Crippen molar-refractivity contribution >= 4 is 53.3 Å². The molecule has 5 nitrogen and oxygen atoms in total. The third-order valence-electron chi connectivity index (χ3n) is 10.5. The van der Waals surface area contributed by atoms with E-state index >= 15 is 0 Å². The molecule has 0 fully saturated rings. The van der Waals surface area contributed by atoms with Crippen LogP contribution in [0.5, 0.6) is 0 Å². The minimum absolute atomic E-state index is 0.595. The maximum Gasteiger partial charge on any atom is 0.166 e. The minimum Gasteiger partial charge on any atom is -0.308 e. The van der Waals surface area contributed by atoms with Crippen LogP contribution in [0.15, 0.2) is 188 Å². The molecular weight excluding hydrogens is 703 g/mol. The summed E-state index contributed by atoms with van der Waals surface area (Å²) in [5, 5.41) is 4.95. The summed E-state index contributed by atoms with van der Waals surface area (Å²) in [7, 11) is 0. The Morgan fingerprint density at radius 2 is 0.982 bits per heavy atom. The molecule has 0 amide bonds. The fraction of sp³-hybridized carbons (Fsp3) is 0. The van der Waals surface area contributed by atoms with Gasteiger partial charge < -0.3 is 4.57 Å². The predicted octanol–water partition coefficient (Wildman–Crippen LogP) is 13.1. The Balaban J connectivity index is 1.11. The fourth-order valence-corrected chi connectivity index (χ4v) is 9.13. The number of hydrogen-bond donors (Lipinski definition) is 0. The summed E-state index contributed by atoms with van der Waals surface area (Å²) < 4.78 is 4.93. The third-order valence-corrected chi connectivity index (χ3v) is 11.8. The molecule has 6 heteroatoms. The molecule has 0 N–H and O–H groups in total. The van der Waals surface area contributed by atoms with E-state index in [1.54, 1.807) is 0 Å². The van der Waals surface area contributed by atoms with Crippen LogP contribution in [-0.4, -0.2) is 24.5 Å². The normalized spacial score (nSPS) is 11.6. The van der Waals surface area contributed by atoms with Crippen LogP contribution < -0.4 is 0 Å². The van der Waals surface area contributed by atoms with Crippen molar-refractivity contribution in [1.29, 1.82) is 0 Å². The summed E-state index contributed by atoms with van der Waals surface area (Å²) in [4.78, 5) is 20.3. The number of thiophene rings is 1. The first-order valence-electron chi connectivity index (χ1n) is 18.6. The Labute approximate surface area is 326 Å². The van der Waals surface area contributed by atoms with E-state index in [2.05, 4.69) is 150 Å². The predicted molar refractivity (Wildman–Crippen MR) is 232 cm³/mol. The zero-order valence-electron chi connectivity index (χ0n) is 30.0. The van der Waals surface area contributed by atoms with Gasteiger partial charge in [-0.3, -0.25) is 4.98 Å². The van der Waals surface area contributed by atoms with Crippen LogP contribution in [0.1, 0.15) is 0 Å². The molecule has 11 aromatic rings. The lowest BCUT2D eigenvalue weighted by Gasteiger charge is -2.16. The second-order valence-corrected chi connectivity index (χ2v) is 14.9. The van der Waals surface area contributed by atoms with Crippen molar-refractivity contribution < 1.29 is 0 Å². The van der Waals surface area contributed by atoms with E-state index in [4.69, 9.17) is 19.9 Å². The number of pyridine rings is 1. The number of aromatic nitrogens is 5. The number of hydrogen-bond acceptors (Lipinski definition) is 5. The van der Waals surface area contributed by atoms with E-state index in [9.17, 15) is 0 Å². The van der Waals surface area contributed by atoms with Gasteiger partial charge in [0, 0.05) is 59.4 Å². The lowest BCUT2D eigenvalue weighted by Crippen LogP contribution is -2.04. The molecule has 0 spiro atoms. The topological polar surface area (TPSA) is 56.5 Å². The summed E-state index contributed by atoms with van der Waals surface area (Å²) in [5.74, 6) is 1.83. The maximum atomic E-state index is 5.26. The van der Waals surface area contributed by atoms with Gasteiger partial charge >= 0.3 is 0 Å². The first-order valence-corrected chi connectivity index (χ1v) is 19.5. The summed E-state index contributed by atoms with van der Waals surface area (Å²) >= 11 is 1.84. The molecule has 0 saturated heterocycles. The molecule has 0 aliphatic heterocycles. The van der Waals surface area contributed by atoms with Crippen LogP contribution in [-0.2, 0) is 0 Å². The number of fused-ring (bicyclic) bond motifs is 6. The molecule has 0 bridgehead atoms. The monoisotopic (exact) mass is 733 g/mol. The van der Waals surface area contributed by atoms with Crippen LogP contribution in [0.25, 0.3) is 104 Å². The molecule has 56 heavy (non-hydrogen) atoms. The van der Waals surface area contributed by atoms with Gasteiger partial charge in [0.15, 0.2) is 17.5 Å². The first-order chi connectivity index (χ1) is 27.8. The molecule has 0 radical (unpaired) electrons. The molecule has 0 unspecified atom stereocenters. The van der Waals surface area contributed by atoms with Crippen molar-refractivity contribution in [3.05, 3.63) is 188 Å². The average molecular weight is 734 g/mol. The van der Waals surface area contributed by atoms with Gasteiger partial charge in [0.2, 0.25) is 0 Å². The van der Waals surface area contributed by atoms with Crippen molar-refractivity contribution in [3.63, 3.8) is 0 Å². The zero-order valence-corrected chi connectivity index (χ0v) is 30.9. The largest absolute Gasteiger partial charge is 0.308 e. The second-order valence-electron chi connectivity index (χ2n) is 13.8. The van der Waals surface area contributed by atoms with Crippen LogP contribution in [0.4, 0.5) is 0 Å². The summed E-state index contributed by atoms with van der Waals surface area (Å²) in [6.07, 6.45) is 1.84. The van der Waals surface area contributed by atoms with Crippen molar-refractivity contribution in [2.75, 3.05) is 0 Å². The number of para-hydroxylation sites is 2. The second kappa shape index (κ2) is 13.2. The molecule has 0 atom stereocenters. The molecule has 262 valence electrons. The first kappa shape index (κ1) is 32.2. The fourth-order valence-electron chi connectivity index (χ4n) is 7.90. The van der Waals surface area contributed by atoms with Gasteiger partial charge in [0.1, 0.15) is 0 Å². The Morgan fingerprint density at radius 1 is 0.393 bits per heavy atom.